The first-order chi connectivity index (χ1) is 6.20. The van der Waals surface area contributed by atoms with E-state index in [0.29, 0.717) is 0 Å². The molecule has 1 aliphatic rings. The normalized spacial score (nSPS) is 14.2. The van der Waals surface area contributed by atoms with Crippen LogP contribution in [0.1, 0.15) is 12.8 Å². The lowest BCUT2D eigenvalue weighted by molar-refractivity contribution is -0.138. The molecule has 1 aromatic carbocycles. The predicted molar refractivity (Wildman–Crippen MR) is 51.8 cm³/mol. The zero-order valence-corrected chi connectivity index (χ0v) is 7.87. The molecule has 2 nitrogen and oxygen atoms in total. The summed E-state index contributed by atoms with van der Waals surface area (Å²) in [6.45, 7) is 0. The van der Waals surface area contributed by atoms with Crippen molar-refractivity contribution in [2.45, 2.75) is 12.8 Å². The summed E-state index contributed by atoms with van der Waals surface area (Å²) >= 11 is 5.54. The van der Waals surface area contributed by atoms with E-state index in [0.717, 1.165) is 17.9 Å². The van der Waals surface area contributed by atoms with Crippen molar-refractivity contribution in [3.63, 3.8) is 0 Å². The van der Waals surface area contributed by atoms with Gasteiger partial charge in [0.15, 0.2) is 0 Å². The SMILES string of the molecule is Clc1ccccc1.O=C(O)C1CC1. The first-order valence-electron chi connectivity index (χ1n) is 4.13. The molecule has 13 heavy (non-hydrogen) atoms. The van der Waals surface area contributed by atoms with Gasteiger partial charge in [-0.05, 0) is 25.0 Å². The van der Waals surface area contributed by atoms with Gasteiger partial charge in [0.1, 0.15) is 0 Å². The number of hydrogen-bond acceptors (Lipinski definition) is 1. The van der Waals surface area contributed by atoms with Crippen LogP contribution in [0.15, 0.2) is 30.3 Å². The molecule has 1 fully saturated rings. The lowest BCUT2D eigenvalue weighted by atomic mass is 10.4. The maximum Gasteiger partial charge on any atom is 0.306 e. The third kappa shape index (κ3) is 4.53. The summed E-state index contributed by atoms with van der Waals surface area (Å²) in [5.41, 5.74) is 0. The Morgan fingerprint density at radius 3 is 2.00 bits per heavy atom. The zero-order valence-electron chi connectivity index (χ0n) is 7.11. The van der Waals surface area contributed by atoms with Crippen LogP contribution in [-0.2, 0) is 4.79 Å². The second-order valence-electron chi connectivity index (χ2n) is 2.91. The summed E-state index contributed by atoms with van der Waals surface area (Å²) in [5, 5.41) is 8.85. The molecule has 0 aliphatic heterocycles. The van der Waals surface area contributed by atoms with Crippen LogP contribution < -0.4 is 0 Å². The summed E-state index contributed by atoms with van der Waals surface area (Å²) < 4.78 is 0. The van der Waals surface area contributed by atoms with Gasteiger partial charge in [-0.15, -0.1) is 0 Å². The highest BCUT2D eigenvalue weighted by Crippen LogP contribution is 2.28. The summed E-state index contributed by atoms with van der Waals surface area (Å²) in [4.78, 5) is 9.76. The van der Waals surface area contributed by atoms with Crippen LogP contribution in [0.4, 0.5) is 0 Å². The topological polar surface area (TPSA) is 37.3 Å². The fourth-order valence-electron chi connectivity index (χ4n) is 0.745. The molecule has 0 bridgehead atoms. The van der Waals surface area contributed by atoms with Gasteiger partial charge < -0.3 is 5.11 Å². The molecule has 0 heterocycles. The van der Waals surface area contributed by atoms with Gasteiger partial charge in [0.25, 0.3) is 0 Å². The molecule has 0 unspecified atom stereocenters. The van der Waals surface area contributed by atoms with Crippen molar-refractivity contribution in [2.24, 2.45) is 5.92 Å². The monoisotopic (exact) mass is 198 g/mol. The van der Waals surface area contributed by atoms with Crippen molar-refractivity contribution >= 4 is 17.6 Å². The molecule has 1 saturated carbocycles. The van der Waals surface area contributed by atoms with Gasteiger partial charge in [0, 0.05) is 5.02 Å². The molecule has 1 aliphatic carbocycles. The van der Waals surface area contributed by atoms with Crippen molar-refractivity contribution in [1.29, 1.82) is 0 Å². The van der Waals surface area contributed by atoms with E-state index in [2.05, 4.69) is 0 Å². The van der Waals surface area contributed by atoms with Gasteiger partial charge in [-0.25, -0.2) is 0 Å². The summed E-state index contributed by atoms with van der Waals surface area (Å²) in [6, 6.07) is 9.44. The highest BCUT2D eigenvalue weighted by atomic mass is 35.5. The lowest BCUT2D eigenvalue weighted by Gasteiger charge is -1.80. The maximum absolute atomic E-state index is 9.76. The Bertz CT molecular complexity index is 268. The Labute approximate surface area is 82.2 Å². The molecule has 0 spiro atoms. The molecule has 0 amide bonds. The molecule has 0 radical (unpaired) electrons. The van der Waals surface area contributed by atoms with Crippen molar-refractivity contribution in [2.75, 3.05) is 0 Å². The fraction of sp³-hybridized carbons (Fsp3) is 0.300. The largest absolute Gasteiger partial charge is 0.481 e. The van der Waals surface area contributed by atoms with E-state index >= 15 is 0 Å². The number of benzene rings is 1. The first-order valence-corrected chi connectivity index (χ1v) is 4.51. The van der Waals surface area contributed by atoms with Crippen LogP contribution in [0.25, 0.3) is 0 Å². The standard InChI is InChI=1S/C6H5Cl.C4H6O2/c7-6-4-2-1-3-5-6;5-4(6)3-1-2-3/h1-5H;3H,1-2H2,(H,5,6). The van der Waals surface area contributed by atoms with Crippen LogP contribution in [0.5, 0.6) is 0 Å². The van der Waals surface area contributed by atoms with Crippen LogP contribution in [0, 0.1) is 5.92 Å². The molecule has 0 atom stereocenters. The molecule has 0 saturated heterocycles. The number of aliphatic carboxylic acids is 1. The van der Waals surface area contributed by atoms with E-state index in [1.165, 1.54) is 0 Å². The van der Waals surface area contributed by atoms with Crippen molar-refractivity contribution in [3.8, 4) is 0 Å². The molecule has 2 rings (SSSR count). The minimum absolute atomic E-state index is 0.0185. The second kappa shape index (κ2) is 4.87. The molecular formula is C10H11ClO2. The Morgan fingerprint density at radius 2 is 1.85 bits per heavy atom. The van der Waals surface area contributed by atoms with Crippen LogP contribution in [-0.4, -0.2) is 11.1 Å². The minimum Gasteiger partial charge on any atom is -0.481 e. The molecule has 70 valence electrons. The zero-order chi connectivity index (χ0) is 9.68. The Balaban J connectivity index is 0.000000132. The molecule has 0 aromatic heterocycles. The van der Waals surface area contributed by atoms with Gasteiger partial charge >= 0.3 is 5.97 Å². The average Bonchev–Trinajstić information content (AvgIpc) is 2.88. The Kier molecular flexibility index (Phi) is 3.77. The van der Waals surface area contributed by atoms with Gasteiger partial charge in [0.2, 0.25) is 0 Å². The van der Waals surface area contributed by atoms with E-state index in [1.54, 1.807) is 0 Å². The van der Waals surface area contributed by atoms with Crippen LogP contribution >= 0.6 is 11.6 Å². The predicted octanol–water partition coefficient (Wildman–Crippen LogP) is 2.82. The number of carboxylic acid groups (broad SMARTS) is 1. The number of hydrogen-bond donors (Lipinski definition) is 1. The van der Waals surface area contributed by atoms with Crippen LogP contribution in [0.3, 0.4) is 0 Å². The second-order valence-corrected chi connectivity index (χ2v) is 3.34. The highest BCUT2D eigenvalue weighted by Gasteiger charge is 2.28. The third-order valence-corrected chi connectivity index (χ3v) is 1.91. The summed E-state index contributed by atoms with van der Waals surface area (Å²) in [5.74, 6) is -0.611. The number of carboxylic acids is 1. The lowest BCUT2D eigenvalue weighted by Crippen LogP contribution is -1.94. The van der Waals surface area contributed by atoms with E-state index in [-0.39, 0.29) is 5.92 Å². The maximum atomic E-state index is 9.76. The fourth-order valence-corrected chi connectivity index (χ4v) is 0.890. The number of carbonyl (C=O) groups is 1. The highest BCUT2D eigenvalue weighted by molar-refractivity contribution is 6.30. The average molecular weight is 199 g/mol. The molecule has 1 aromatic rings. The molecule has 3 heteroatoms. The van der Waals surface area contributed by atoms with Gasteiger partial charge in [0.05, 0.1) is 5.92 Å². The van der Waals surface area contributed by atoms with Gasteiger partial charge in [-0.1, -0.05) is 29.8 Å². The molecule has 1 N–H and O–H groups in total. The summed E-state index contributed by atoms with van der Waals surface area (Å²) in [7, 11) is 0. The molecular weight excluding hydrogens is 188 g/mol. The quantitative estimate of drug-likeness (QED) is 0.754. The van der Waals surface area contributed by atoms with E-state index in [4.69, 9.17) is 16.7 Å². The van der Waals surface area contributed by atoms with Crippen molar-refractivity contribution in [3.05, 3.63) is 35.4 Å². The Morgan fingerprint density at radius 1 is 1.31 bits per heavy atom. The Hall–Kier alpha value is -1.02. The number of rotatable bonds is 1. The third-order valence-electron chi connectivity index (χ3n) is 1.66. The van der Waals surface area contributed by atoms with Crippen LogP contribution in [0.2, 0.25) is 5.02 Å². The van der Waals surface area contributed by atoms with Gasteiger partial charge in [-0.2, -0.15) is 0 Å². The minimum atomic E-state index is -0.630. The smallest absolute Gasteiger partial charge is 0.306 e. The van der Waals surface area contributed by atoms with E-state index in [9.17, 15) is 4.79 Å². The first kappa shape index (κ1) is 10.1. The van der Waals surface area contributed by atoms with E-state index < -0.39 is 5.97 Å². The van der Waals surface area contributed by atoms with Crippen molar-refractivity contribution < 1.29 is 9.90 Å². The summed E-state index contributed by atoms with van der Waals surface area (Å²) in [6.07, 6.45) is 1.80. The van der Waals surface area contributed by atoms with Crippen molar-refractivity contribution in [1.82, 2.24) is 0 Å². The van der Waals surface area contributed by atoms with E-state index in [1.807, 2.05) is 30.3 Å². The van der Waals surface area contributed by atoms with Gasteiger partial charge in [-0.3, -0.25) is 4.79 Å². The number of halogens is 1.